The number of hydrogen-bond acceptors (Lipinski definition) is 6. The summed E-state index contributed by atoms with van der Waals surface area (Å²) < 4.78 is 15.0. The van der Waals surface area contributed by atoms with Gasteiger partial charge in [-0.1, -0.05) is 6.92 Å². The lowest BCUT2D eigenvalue weighted by atomic mass is 10.1. The van der Waals surface area contributed by atoms with Gasteiger partial charge in [0.05, 0.1) is 41.9 Å². The van der Waals surface area contributed by atoms with Gasteiger partial charge in [-0.2, -0.15) is 14.6 Å². The Morgan fingerprint density at radius 1 is 1.21 bits per heavy atom. The molecule has 0 radical (unpaired) electrons. The van der Waals surface area contributed by atoms with Gasteiger partial charge in [0, 0.05) is 18.5 Å². The molecule has 1 aliphatic rings. The molecule has 29 heavy (non-hydrogen) atoms. The van der Waals surface area contributed by atoms with Crippen molar-refractivity contribution in [3.8, 4) is 5.82 Å². The summed E-state index contributed by atoms with van der Waals surface area (Å²) in [6.45, 7) is 4.26. The second-order valence-electron chi connectivity index (χ2n) is 6.89. The molecule has 1 N–H and O–H groups in total. The molecule has 2 amide bonds. The lowest BCUT2D eigenvalue weighted by Gasteiger charge is -2.18. The maximum absolute atomic E-state index is 13.6. The van der Waals surface area contributed by atoms with Gasteiger partial charge in [0.25, 0.3) is 0 Å². The molecule has 0 saturated heterocycles. The van der Waals surface area contributed by atoms with Gasteiger partial charge in [-0.3, -0.25) is 4.90 Å². The second-order valence-corrected chi connectivity index (χ2v) is 6.89. The summed E-state index contributed by atoms with van der Waals surface area (Å²) in [4.78, 5) is 24.5. The number of fused-ring (bicyclic) bond motifs is 3. The zero-order valence-corrected chi connectivity index (χ0v) is 15.6. The molecule has 4 aromatic rings. The molecule has 10 nitrogen and oxygen atoms in total. The highest BCUT2D eigenvalue weighted by Gasteiger charge is 2.33. The van der Waals surface area contributed by atoms with E-state index in [4.69, 9.17) is 0 Å². The van der Waals surface area contributed by atoms with Crippen LogP contribution in [0.3, 0.4) is 0 Å². The SMILES string of the molecule is Cc1cc(NC(=O)N2CC(C)c3c2cnc2cc(F)nn32)cnc1-n1nccn1. The van der Waals surface area contributed by atoms with E-state index in [1.54, 1.807) is 35.8 Å². The molecule has 5 heterocycles. The molecule has 0 aliphatic carbocycles. The molecule has 1 unspecified atom stereocenters. The Morgan fingerprint density at radius 2 is 2.00 bits per heavy atom. The fraction of sp³-hybridized carbons (Fsp3) is 0.222. The van der Waals surface area contributed by atoms with Crippen LogP contribution in [0.4, 0.5) is 20.6 Å². The van der Waals surface area contributed by atoms with Crippen LogP contribution in [0, 0.1) is 12.9 Å². The Bertz CT molecular complexity index is 1230. The molecule has 0 spiro atoms. The van der Waals surface area contributed by atoms with E-state index in [0.717, 1.165) is 11.3 Å². The molecule has 1 atom stereocenters. The summed E-state index contributed by atoms with van der Waals surface area (Å²) in [5, 5.41) is 14.9. The van der Waals surface area contributed by atoms with Crippen LogP contribution in [0.25, 0.3) is 11.5 Å². The summed E-state index contributed by atoms with van der Waals surface area (Å²) >= 11 is 0. The number of nitrogens with zero attached hydrogens (tertiary/aromatic N) is 8. The van der Waals surface area contributed by atoms with E-state index in [2.05, 4.69) is 30.6 Å². The first kappa shape index (κ1) is 17.2. The molecule has 5 rings (SSSR count). The van der Waals surface area contributed by atoms with Crippen LogP contribution in [-0.2, 0) is 0 Å². The van der Waals surface area contributed by atoms with Gasteiger partial charge in [0.1, 0.15) is 0 Å². The average molecular weight is 393 g/mol. The van der Waals surface area contributed by atoms with E-state index in [1.807, 2.05) is 13.8 Å². The Kier molecular flexibility index (Phi) is 3.76. The topological polar surface area (TPSA) is 106 Å². The van der Waals surface area contributed by atoms with Gasteiger partial charge < -0.3 is 5.32 Å². The third kappa shape index (κ3) is 2.78. The van der Waals surface area contributed by atoms with Crippen molar-refractivity contribution in [3.05, 3.63) is 54.1 Å². The number of aromatic nitrogens is 7. The summed E-state index contributed by atoms with van der Waals surface area (Å²) in [5.41, 5.74) is 3.13. The van der Waals surface area contributed by atoms with Crippen LogP contribution in [0.5, 0.6) is 0 Å². The zero-order chi connectivity index (χ0) is 20.1. The number of amides is 2. The summed E-state index contributed by atoms with van der Waals surface area (Å²) in [6.07, 6.45) is 6.26. The van der Waals surface area contributed by atoms with E-state index < -0.39 is 5.95 Å². The van der Waals surface area contributed by atoms with Crippen molar-refractivity contribution in [2.24, 2.45) is 0 Å². The highest BCUT2D eigenvalue weighted by atomic mass is 19.1. The number of hydrogen-bond donors (Lipinski definition) is 1. The predicted molar refractivity (Wildman–Crippen MR) is 102 cm³/mol. The van der Waals surface area contributed by atoms with Crippen molar-refractivity contribution in [2.45, 2.75) is 19.8 Å². The minimum Gasteiger partial charge on any atom is -0.306 e. The number of carbonyl (C=O) groups is 1. The number of carbonyl (C=O) groups excluding carboxylic acids is 1. The Hall–Kier alpha value is -3.89. The number of nitrogens with one attached hydrogen (secondary N) is 1. The molecule has 0 bridgehead atoms. The summed E-state index contributed by atoms with van der Waals surface area (Å²) in [5.74, 6) is -0.0385. The molecule has 0 saturated carbocycles. The second kappa shape index (κ2) is 6.33. The highest BCUT2D eigenvalue weighted by molar-refractivity contribution is 6.03. The van der Waals surface area contributed by atoms with Crippen molar-refractivity contribution in [1.29, 1.82) is 0 Å². The van der Waals surface area contributed by atoms with Gasteiger partial charge >= 0.3 is 6.03 Å². The average Bonchev–Trinajstić information content (AvgIpc) is 3.40. The van der Waals surface area contributed by atoms with E-state index in [9.17, 15) is 9.18 Å². The number of pyridine rings is 1. The van der Waals surface area contributed by atoms with Crippen molar-refractivity contribution in [2.75, 3.05) is 16.8 Å². The first-order valence-corrected chi connectivity index (χ1v) is 8.97. The molecule has 0 aromatic carbocycles. The van der Waals surface area contributed by atoms with Gasteiger partial charge in [-0.05, 0) is 18.6 Å². The van der Waals surface area contributed by atoms with Gasteiger partial charge in [0.2, 0.25) is 5.95 Å². The predicted octanol–water partition coefficient (Wildman–Crippen LogP) is 2.31. The third-order valence-corrected chi connectivity index (χ3v) is 4.84. The monoisotopic (exact) mass is 393 g/mol. The maximum Gasteiger partial charge on any atom is 0.326 e. The van der Waals surface area contributed by atoms with Gasteiger partial charge in [0.15, 0.2) is 11.5 Å². The normalized spacial score (nSPS) is 15.7. The Labute approximate surface area is 164 Å². The maximum atomic E-state index is 13.6. The fourth-order valence-electron chi connectivity index (χ4n) is 3.60. The lowest BCUT2D eigenvalue weighted by Crippen LogP contribution is -2.34. The molecular formula is C18H16FN9O. The minimum atomic E-state index is -0.602. The molecule has 11 heteroatoms. The van der Waals surface area contributed by atoms with E-state index in [0.29, 0.717) is 29.4 Å². The van der Waals surface area contributed by atoms with Gasteiger partial charge in [-0.15, -0.1) is 9.90 Å². The first-order chi connectivity index (χ1) is 14.0. The van der Waals surface area contributed by atoms with Crippen LogP contribution < -0.4 is 10.2 Å². The molecule has 0 fully saturated rings. The van der Waals surface area contributed by atoms with E-state index in [1.165, 1.54) is 15.4 Å². The van der Waals surface area contributed by atoms with Crippen molar-refractivity contribution in [3.63, 3.8) is 0 Å². The van der Waals surface area contributed by atoms with Crippen LogP contribution in [0.2, 0.25) is 0 Å². The first-order valence-electron chi connectivity index (χ1n) is 8.97. The number of anilines is 2. The van der Waals surface area contributed by atoms with Crippen LogP contribution in [-0.4, -0.2) is 47.2 Å². The molecule has 1 aliphatic heterocycles. The highest BCUT2D eigenvalue weighted by Crippen LogP contribution is 2.36. The largest absolute Gasteiger partial charge is 0.326 e. The van der Waals surface area contributed by atoms with E-state index >= 15 is 0 Å². The van der Waals surface area contributed by atoms with Crippen molar-refractivity contribution in [1.82, 2.24) is 34.6 Å². The van der Waals surface area contributed by atoms with Crippen LogP contribution >= 0.6 is 0 Å². The quantitative estimate of drug-likeness (QED) is 0.560. The van der Waals surface area contributed by atoms with Crippen molar-refractivity contribution >= 4 is 23.1 Å². The fourth-order valence-corrected chi connectivity index (χ4v) is 3.60. The van der Waals surface area contributed by atoms with Gasteiger partial charge in [-0.25, -0.2) is 19.3 Å². The lowest BCUT2D eigenvalue weighted by molar-refractivity contribution is 0.257. The Balaban J connectivity index is 1.43. The Morgan fingerprint density at radius 3 is 2.76 bits per heavy atom. The number of aryl methyl sites for hydroxylation is 1. The molecular weight excluding hydrogens is 377 g/mol. The summed E-state index contributed by atoms with van der Waals surface area (Å²) in [7, 11) is 0. The number of rotatable bonds is 2. The molecule has 4 aromatic heterocycles. The van der Waals surface area contributed by atoms with E-state index in [-0.39, 0.29) is 11.9 Å². The summed E-state index contributed by atoms with van der Waals surface area (Å²) in [6, 6.07) is 2.74. The van der Waals surface area contributed by atoms with Crippen LogP contribution in [0.1, 0.15) is 24.1 Å². The smallest absolute Gasteiger partial charge is 0.306 e. The number of halogens is 1. The van der Waals surface area contributed by atoms with Crippen LogP contribution in [0.15, 0.2) is 36.9 Å². The number of urea groups is 1. The molecule has 146 valence electrons. The minimum absolute atomic E-state index is 0.0197. The van der Waals surface area contributed by atoms with Crippen molar-refractivity contribution < 1.29 is 9.18 Å². The third-order valence-electron chi connectivity index (χ3n) is 4.84. The zero-order valence-electron chi connectivity index (χ0n) is 15.6. The standard InChI is InChI=1S/C18H16FN9O/c1-10-5-12(7-21-17(10)28-22-3-4-23-28)24-18(29)26-9-11(2)16-13(26)8-20-15-6-14(19)25-27(15)16/h3-8,11H,9H2,1-2H3,(H,24,29).